The zero-order chi connectivity index (χ0) is 14.4. The van der Waals surface area contributed by atoms with Crippen molar-refractivity contribution in [2.45, 2.75) is 37.8 Å². The summed E-state index contributed by atoms with van der Waals surface area (Å²) in [6, 6.07) is 7.66. The van der Waals surface area contributed by atoms with Gasteiger partial charge in [0.05, 0.1) is 5.54 Å². The average molecular weight is 311 g/mol. The number of nitrogens with one attached hydrogen (secondary N) is 1. The molecule has 1 aliphatic carbocycles. The lowest BCUT2D eigenvalue weighted by Gasteiger charge is -2.22. The van der Waals surface area contributed by atoms with Crippen molar-refractivity contribution in [1.82, 2.24) is 5.32 Å². The van der Waals surface area contributed by atoms with E-state index in [1.165, 1.54) is 0 Å². The van der Waals surface area contributed by atoms with Gasteiger partial charge in [0, 0.05) is 12.1 Å². The number of para-hydroxylation sites is 1. The third-order valence-electron chi connectivity index (χ3n) is 3.72. The molecule has 0 heterocycles. The summed E-state index contributed by atoms with van der Waals surface area (Å²) in [4.78, 5) is 12.2. The van der Waals surface area contributed by atoms with Crippen molar-refractivity contribution in [3.8, 4) is 5.75 Å². The summed E-state index contributed by atoms with van der Waals surface area (Å²) >= 11 is 0. The molecule has 0 unspecified atom stereocenters. The second-order valence-corrected chi connectivity index (χ2v) is 5.25. The predicted molar refractivity (Wildman–Crippen MR) is 86.6 cm³/mol. The van der Waals surface area contributed by atoms with Gasteiger partial charge < -0.3 is 15.8 Å². The summed E-state index contributed by atoms with van der Waals surface area (Å²) in [5.74, 6) is 0.707. The smallest absolute Gasteiger partial charge is 0.240 e. The highest BCUT2D eigenvalue weighted by Gasteiger charge is 2.36. The molecule has 0 saturated heterocycles. The number of amides is 1. The largest absolute Gasteiger partial charge is 0.489 e. The number of carbonyl (C=O) groups is 1. The average Bonchev–Trinajstić information content (AvgIpc) is 2.91. The molecule has 0 radical (unpaired) electrons. The summed E-state index contributed by atoms with van der Waals surface area (Å²) in [5, 5.41) is 2.93. The van der Waals surface area contributed by atoms with E-state index in [0.29, 0.717) is 13.2 Å². The van der Waals surface area contributed by atoms with Crippen LogP contribution in [0.5, 0.6) is 5.75 Å². The van der Waals surface area contributed by atoms with E-state index in [0.717, 1.165) is 37.0 Å². The van der Waals surface area contributed by atoms with Crippen molar-refractivity contribution in [3.63, 3.8) is 0 Å². The molecule has 21 heavy (non-hydrogen) atoms. The van der Waals surface area contributed by atoms with Gasteiger partial charge in [-0.1, -0.05) is 43.7 Å². The van der Waals surface area contributed by atoms with E-state index in [-0.39, 0.29) is 18.3 Å². The van der Waals surface area contributed by atoms with Crippen molar-refractivity contribution < 1.29 is 9.53 Å². The first-order valence-corrected chi connectivity index (χ1v) is 7.04. The van der Waals surface area contributed by atoms with Crippen LogP contribution in [0.3, 0.4) is 0 Å². The third kappa shape index (κ3) is 4.48. The van der Waals surface area contributed by atoms with Gasteiger partial charge in [0.1, 0.15) is 12.4 Å². The Bertz CT molecular complexity index is 485. The van der Waals surface area contributed by atoms with Crippen LogP contribution in [-0.4, -0.2) is 18.1 Å². The molecule has 1 amide bonds. The molecule has 0 atom stereocenters. The third-order valence-corrected chi connectivity index (χ3v) is 3.72. The van der Waals surface area contributed by atoms with Crippen LogP contribution in [0.15, 0.2) is 36.9 Å². The standard InChI is InChI=1S/C16H22N2O2.ClH/c1-2-11-20-14-8-4-3-7-13(14)12-18-15(19)16(17)9-5-6-10-16;/h2-4,7-8H,1,5-6,9-12,17H2,(H,18,19);1H. The first-order valence-electron chi connectivity index (χ1n) is 7.04. The second kappa shape index (κ2) is 8.05. The summed E-state index contributed by atoms with van der Waals surface area (Å²) in [7, 11) is 0. The molecule has 0 aliphatic heterocycles. The Morgan fingerprint density at radius 2 is 2.05 bits per heavy atom. The fourth-order valence-corrected chi connectivity index (χ4v) is 2.52. The normalized spacial score (nSPS) is 15.9. The van der Waals surface area contributed by atoms with Crippen molar-refractivity contribution >= 4 is 18.3 Å². The Balaban J connectivity index is 0.00000220. The Morgan fingerprint density at radius 3 is 2.71 bits per heavy atom. The van der Waals surface area contributed by atoms with Gasteiger partial charge in [0.25, 0.3) is 0 Å². The molecule has 1 fully saturated rings. The van der Waals surface area contributed by atoms with E-state index in [1.807, 2.05) is 24.3 Å². The molecule has 5 heteroatoms. The van der Waals surface area contributed by atoms with Crippen LogP contribution in [0.25, 0.3) is 0 Å². The molecular formula is C16H23ClN2O2. The minimum absolute atomic E-state index is 0. The van der Waals surface area contributed by atoms with E-state index in [4.69, 9.17) is 10.5 Å². The number of hydrogen-bond acceptors (Lipinski definition) is 3. The fourth-order valence-electron chi connectivity index (χ4n) is 2.52. The lowest BCUT2D eigenvalue weighted by Crippen LogP contribution is -2.51. The zero-order valence-electron chi connectivity index (χ0n) is 12.1. The lowest BCUT2D eigenvalue weighted by atomic mass is 9.98. The molecule has 1 saturated carbocycles. The first-order chi connectivity index (χ1) is 9.65. The maximum atomic E-state index is 12.2. The van der Waals surface area contributed by atoms with Crippen LogP contribution in [0.1, 0.15) is 31.2 Å². The predicted octanol–water partition coefficient (Wildman–Crippen LogP) is 2.56. The molecule has 4 nitrogen and oxygen atoms in total. The van der Waals surface area contributed by atoms with Crippen LogP contribution in [0.2, 0.25) is 0 Å². The quantitative estimate of drug-likeness (QED) is 0.794. The minimum atomic E-state index is -0.684. The van der Waals surface area contributed by atoms with Crippen LogP contribution < -0.4 is 15.8 Å². The van der Waals surface area contributed by atoms with Crippen LogP contribution in [0.4, 0.5) is 0 Å². The topological polar surface area (TPSA) is 64.3 Å². The summed E-state index contributed by atoms with van der Waals surface area (Å²) in [6.07, 6.45) is 5.30. The molecule has 0 spiro atoms. The monoisotopic (exact) mass is 310 g/mol. The Labute approximate surface area is 132 Å². The first kappa shape index (κ1) is 17.5. The van der Waals surface area contributed by atoms with E-state index in [2.05, 4.69) is 11.9 Å². The minimum Gasteiger partial charge on any atom is -0.489 e. The molecule has 1 aliphatic rings. The lowest BCUT2D eigenvalue weighted by molar-refractivity contribution is -0.126. The van der Waals surface area contributed by atoms with E-state index < -0.39 is 5.54 Å². The van der Waals surface area contributed by atoms with E-state index in [9.17, 15) is 4.79 Å². The highest BCUT2D eigenvalue weighted by Crippen LogP contribution is 2.27. The molecule has 2 rings (SSSR count). The number of benzene rings is 1. The highest BCUT2D eigenvalue weighted by molar-refractivity contribution is 5.86. The number of rotatable bonds is 6. The molecule has 0 aromatic heterocycles. The Hall–Kier alpha value is -1.52. The zero-order valence-corrected chi connectivity index (χ0v) is 13.0. The van der Waals surface area contributed by atoms with Gasteiger partial charge in [0.15, 0.2) is 0 Å². The molecule has 1 aromatic carbocycles. The van der Waals surface area contributed by atoms with Gasteiger partial charge in [-0.25, -0.2) is 0 Å². The van der Waals surface area contributed by atoms with Crippen molar-refractivity contribution in [1.29, 1.82) is 0 Å². The van der Waals surface area contributed by atoms with Gasteiger partial charge in [-0.05, 0) is 18.9 Å². The number of ether oxygens (including phenoxy) is 1. The maximum absolute atomic E-state index is 12.2. The Morgan fingerprint density at radius 1 is 1.38 bits per heavy atom. The van der Waals surface area contributed by atoms with E-state index >= 15 is 0 Å². The number of hydrogen-bond donors (Lipinski definition) is 2. The SMILES string of the molecule is C=CCOc1ccccc1CNC(=O)C1(N)CCCC1.Cl. The highest BCUT2D eigenvalue weighted by atomic mass is 35.5. The van der Waals surface area contributed by atoms with Gasteiger partial charge >= 0.3 is 0 Å². The van der Waals surface area contributed by atoms with Crippen molar-refractivity contribution in [2.24, 2.45) is 5.73 Å². The van der Waals surface area contributed by atoms with Gasteiger partial charge in [-0.15, -0.1) is 12.4 Å². The Kier molecular flexibility index (Phi) is 6.72. The van der Waals surface area contributed by atoms with Crippen molar-refractivity contribution in [3.05, 3.63) is 42.5 Å². The van der Waals surface area contributed by atoms with E-state index in [1.54, 1.807) is 6.08 Å². The summed E-state index contributed by atoms with van der Waals surface area (Å²) < 4.78 is 5.57. The summed E-state index contributed by atoms with van der Waals surface area (Å²) in [6.45, 7) is 4.52. The van der Waals surface area contributed by atoms with Crippen LogP contribution >= 0.6 is 12.4 Å². The molecular weight excluding hydrogens is 288 g/mol. The van der Waals surface area contributed by atoms with Gasteiger partial charge in [-0.2, -0.15) is 0 Å². The molecule has 0 bridgehead atoms. The number of carbonyl (C=O) groups excluding carboxylic acids is 1. The van der Waals surface area contributed by atoms with Gasteiger partial charge in [-0.3, -0.25) is 4.79 Å². The number of halogens is 1. The molecule has 116 valence electrons. The summed E-state index contributed by atoms with van der Waals surface area (Å²) in [5.41, 5.74) is 6.39. The second-order valence-electron chi connectivity index (χ2n) is 5.25. The number of nitrogens with two attached hydrogens (primary N) is 1. The molecule has 1 aromatic rings. The maximum Gasteiger partial charge on any atom is 0.240 e. The van der Waals surface area contributed by atoms with Crippen molar-refractivity contribution in [2.75, 3.05) is 6.61 Å². The van der Waals surface area contributed by atoms with Crippen LogP contribution in [0, 0.1) is 0 Å². The van der Waals surface area contributed by atoms with Crippen LogP contribution in [-0.2, 0) is 11.3 Å². The fraction of sp³-hybridized carbons (Fsp3) is 0.438. The van der Waals surface area contributed by atoms with Gasteiger partial charge in [0.2, 0.25) is 5.91 Å². The molecule has 3 N–H and O–H groups in total.